The second-order valence-corrected chi connectivity index (χ2v) is 8.80. The Labute approximate surface area is 134 Å². The van der Waals surface area contributed by atoms with Crippen molar-refractivity contribution in [2.24, 2.45) is 0 Å². The van der Waals surface area contributed by atoms with Gasteiger partial charge in [-0.15, -0.1) is 0 Å². The molecule has 2 rings (SSSR count). The molecule has 0 aliphatic heterocycles. The van der Waals surface area contributed by atoms with Crippen LogP contribution in [0.4, 0.5) is 5.69 Å². The molecule has 0 fully saturated rings. The molecule has 118 valence electrons. The van der Waals surface area contributed by atoms with Crippen LogP contribution in [-0.2, 0) is 19.9 Å². The van der Waals surface area contributed by atoms with Gasteiger partial charge in [0.15, 0.2) is 9.84 Å². The Morgan fingerprint density at radius 3 is 2.09 bits per heavy atom. The van der Waals surface area contributed by atoms with Gasteiger partial charge in [-0.2, -0.15) is 0 Å². The average Bonchev–Trinajstić information content (AvgIpc) is 2.47. The van der Waals surface area contributed by atoms with E-state index in [2.05, 4.69) is 4.72 Å². The average molecular weight is 360 g/mol. The van der Waals surface area contributed by atoms with Gasteiger partial charge < -0.3 is 0 Å². The fourth-order valence-corrected chi connectivity index (χ4v) is 4.23. The molecule has 0 aliphatic carbocycles. The van der Waals surface area contributed by atoms with Crippen LogP contribution in [0.2, 0.25) is 5.02 Å². The smallest absolute Gasteiger partial charge is 0.263 e. The van der Waals surface area contributed by atoms with Gasteiger partial charge in [0, 0.05) is 5.69 Å². The van der Waals surface area contributed by atoms with Gasteiger partial charge in [0.05, 0.1) is 15.7 Å². The Morgan fingerprint density at radius 1 is 0.955 bits per heavy atom. The molecule has 5 nitrogen and oxygen atoms in total. The fourth-order valence-electron chi connectivity index (χ4n) is 1.77. The highest BCUT2D eigenvalue weighted by molar-refractivity contribution is 7.93. The van der Waals surface area contributed by atoms with Gasteiger partial charge in [-0.05, 0) is 36.4 Å². The van der Waals surface area contributed by atoms with Crippen molar-refractivity contribution in [3.8, 4) is 0 Å². The maximum atomic E-state index is 12.2. The summed E-state index contributed by atoms with van der Waals surface area (Å²) in [5, 5.41) is 0.111. The lowest BCUT2D eigenvalue weighted by molar-refractivity contribution is 0.597. The zero-order chi connectivity index (χ0) is 16.4. The Bertz CT molecular complexity index is 875. The van der Waals surface area contributed by atoms with Crippen LogP contribution in [0.1, 0.15) is 6.92 Å². The van der Waals surface area contributed by atoms with Crippen molar-refractivity contribution in [3.05, 3.63) is 53.6 Å². The number of benzene rings is 2. The zero-order valence-corrected chi connectivity index (χ0v) is 14.0. The number of nitrogens with one attached hydrogen (secondary N) is 1. The first-order valence-corrected chi connectivity index (χ1v) is 9.88. The van der Waals surface area contributed by atoms with E-state index >= 15 is 0 Å². The summed E-state index contributed by atoms with van der Waals surface area (Å²) in [7, 11) is -7.15. The number of rotatable bonds is 5. The van der Waals surface area contributed by atoms with Crippen molar-refractivity contribution in [3.63, 3.8) is 0 Å². The number of halogens is 1. The van der Waals surface area contributed by atoms with E-state index in [-0.39, 0.29) is 26.3 Å². The molecule has 8 heteroatoms. The Kier molecular flexibility index (Phi) is 4.79. The van der Waals surface area contributed by atoms with Crippen LogP contribution >= 0.6 is 11.6 Å². The highest BCUT2D eigenvalue weighted by atomic mass is 35.5. The summed E-state index contributed by atoms with van der Waals surface area (Å²) >= 11 is 5.88. The fraction of sp³-hybridized carbons (Fsp3) is 0.143. The summed E-state index contributed by atoms with van der Waals surface area (Å²) in [6.07, 6.45) is 0. The topological polar surface area (TPSA) is 80.3 Å². The van der Waals surface area contributed by atoms with Gasteiger partial charge >= 0.3 is 0 Å². The third-order valence-corrected chi connectivity index (χ3v) is 6.60. The van der Waals surface area contributed by atoms with Crippen LogP contribution in [0.3, 0.4) is 0 Å². The monoisotopic (exact) mass is 359 g/mol. The number of anilines is 1. The van der Waals surface area contributed by atoms with Crippen molar-refractivity contribution in [2.45, 2.75) is 16.7 Å². The van der Waals surface area contributed by atoms with Crippen molar-refractivity contribution >= 4 is 37.1 Å². The van der Waals surface area contributed by atoms with Crippen LogP contribution in [0.15, 0.2) is 58.3 Å². The second kappa shape index (κ2) is 6.28. The molecule has 0 saturated heterocycles. The van der Waals surface area contributed by atoms with E-state index < -0.39 is 19.9 Å². The molecule has 0 atom stereocenters. The summed E-state index contributed by atoms with van der Waals surface area (Å²) in [6, 6.07) is 11.6. The minimum atomic E-state index is -3.83. The number of sulfone groups is 1. The maximum absolute atomic E-state index is 12.2. The predicted molar refractivity (Wildman–Crippen MR) is 86.4 cm³/mol. The van der Waals surface area contributed by atoms with E-state index in [0.29, 0.717) is 0 Å². The van der Waals surface area contributed by atoms with Crippen LogP contribution in [0.5, 0.6) is 0 Å². The molecule has 2 aromatic rings. The van der Waals surface area contributed by atoms with Crippen molar-refractivity contribution in [2.75, 3.05) is 10.5 Å². The normalized spacial score (nSPS) is 12.1. The molecule has 0 bridgehead atoms. The van der Waals surface area contributed by atoms with Gasteiger partial charge in [0.2, 0.25) is 0 Å². The van der Waals surface area contributed by atoms with E-state index in [1.807, 2.05) is 0 Å². The van der Waals surface area contributed by atoms with E-state index in [1.165, 1.54) is 36.4 Å². The van der Waals surface area contributed by atoms with Crippen molar-refractivity contribution in [1.29, 1.82) is 0 Å². The predicted octanol–water partition coefficient (Wildman–Crippen LogP) is 2.93. The zero-order valence-electron chi connectivity index (χ0n) is 11.7. The summed E-state index contributed by atoms with van der Waals surface area (Å²) in [5.41, 5.74) is 0.259. The molecule has 0 radical (unpaired) electrons. The summed E-state index contributed by atoms with van der Waals surface area (Å²) in [5.74, 6) is -0.0162. The Balaban J connectivity index is 2.30. The van der Waals surface area contributed by atoms with Crippen molar-refractivity contribution in [1.82, 2.24) is 0 Å². The third-order valence-electron chi connectivity index (χ3n) is 2.97. The number of sulfonamides is 1. The second-order valence-electron chi connectivity index (χ2n) is 4.46. The molecule has 0 spiro atoms. The quantitative estimate of drug-likeness (QED) is 0.890. The lowest BCUT2D eigenvalue weighted by Crippen LogP contribution is -2.13. The first-order valence-electron chi connectivity index (χ1n) is 6.36. The van der Waals surface area contributed by atoms with E-state index in [1.54, 1.807) is 19.1 Å². The van der Waals surface area contributed by atoms with Crippen molar-refractivity contribution < 1.29 is 16.8 Å². The molecular weight excluding hydrogens is 346 g/mol. The molecule has 0 amide bonds. The molecule has 0 heterocycles. The molecular formula is C14H14ClNO4S2. The molecule has 2 aromatic carbocycles. The minimum Gasteiger partial charge on any atom is -0.280 e. The van der Waals surface area contributed by atoms with Gasteiger partial charge in [0.1, 0.15) is 4.90 Å². The third kappa shape index (κ3) is 3.60. The van der Waals surface area contributed by atoms with Gasteiger partial charge in [0.25, 0.3) is 10.0 Å². The Hall–Kier alpha value is -1.57. The molecule has 22 heavy (non-hydrogen) atoms. The molecule has 0 unspecified atom stereocenters. The lowest BCUT2D eigenvalue weighted by Gasteiger charge is -2.10. The van der Waals surface area contributed by atoms with E-state index in [0.717, 1.165) is 0 Å². The van der Waals surface area contributed by atoms with Crippen LogP contribution in [-0.4, -0.2) is 22.6 Å². The van der Waals surface area contributed by atoms with Crippen LogP contribution < -0.4 is 4.72 Å². The lowest BCUT2D eigenvalue weighted by atomic mass is 10.3. The van der Waals surface area contributed by atoms with E-state index in [9.17, 15) is 16.8 Å². The molecule has 0 saturated carbocycles. The first kappa shape index (κ1) is 16.8. The molecule has 0 aromatic heterocycles. The number of hydrogen-bond acceptors (Lipinski definition) is 4. The summed E-state index contributed by atoms with van der Waals surface area (Å²) in [6.45, 7) is 1.54. The van der Waals surface area contributed by atoms with Crippen LogP contribution in [0.25, 0.3) is 0 Å². The van der Waals surface area contributed by atoms with E-state index in [4.69, 9.17) is 11.6 Å². The maximum Gasteiger partial charge on any atom is 0.263 e. The van der Waals surface area contributed by atoms with Crippen LogP contribution in [0, 0.1) is 0 Å². The van der Waals surface area contributed by atoms with Gasteiger partial charge in [-0.1, -0.05) is 30.7 Å². The SMILES string of the molecule is CCS(=O)(=O)c1ccc(NS(=O)(=O)c2ccccc2Cl)cc1. The summed E-state index contributed by atoms with van der Waals surface area (Å²) < 4.78 is 50.3. The standard InChI is InChI=1S/C14H14ClNO4S2/c1-2-21(17,18)12-9-7-11(8-10-12)16-22(19,20)14-6-4-3-5-13(14)15/h3-10,16H,2H2,1H3. The highest BCUT2D eigenvalue weighted by Gasteiger charge is 2.18. The number of hydrogen-bond donors (Lipinski definition) is 1. The summed E-state index contributed by atoms with van der Waals surface area (Å²) in [4.78, 5) is 0.109. The molecule has 0 aliphatic rings. The van der Waals surface area contributed by atoms with Gasteiger partial charge in [-0.3, -0.25) is 4.72 Å². The molecule has 1 N–H and O–H groups in total. The van der Waals surface area contributed by atoms with Gasteiger partial charge in [-0.25, -0.2) is 16.8 Å². The minimum absolute atomic E-state index is 0.0162. The largest absolute Gasteiger partial charge is 0.280 e. The Morgan fingerprint density at radius 2 is 1.55 bits per heavy atom. The first-order chi connectivity index (χ1) is 10.3. The highest BCUT2D eigenvalue weighted by Crippen LogP contribution is 2.24.